The van der Waals surface area contributed by atoms with Crippen LogP contribution < -0.4 is 0 Å². The van der Waals surface area contributed by atoms with Crippen LogP contribution in [-0.2, 0) is 6.42 Å². The van der Waals surface area contributed by atoms with E-state index >= 15 is 0 Å². The van der Waals surface area contributed by atoms with Gasteiger partial charge < -0.3 is 5.11 Å². The third-order valence-corrected chi connectivity index (χ3v) is 3.03. The van der Waals surface area contributed by atoms with Crippen LogP contribution >= 0.6 is 11.3 Å². The van der Waals surface area contributed by atoms with Gasteiger partial charge in [-0.05, 0) is 23.8 Å². The first-order valence-corrected chi connectivity index (χ1v) is 5.56. The van der Waals surface area contributed by atoms with Gasteiger partial charge in [-0.1, -0.05) is 0 Å². The molecule has 0 bridgehead atoms. The Balaban J connectivity index is 2.17. The Morgan fingerprint density at radius 1 is 1.38 bits per heavy atom. The van der Waals surface area contributed by atoms with E-state index in [9.17, 15) is 13.9 Å². The molecule has 2 aromatic rings. The number of nitrogens with zero attached hydrogens (tertiary/aromatic N) is 1. The van der Waals surface area contributed by atoms with E-state index in [1.807, 2.05) is 0 Å². The van der Waals surface area contributed by atoms with Crippen molar-refractivity contribution >= 4 is 11.3 Å². The Bertz CT molecular complexity index is 473. The third-order valence-electron chi connectivity index (χ3n) is 2.16. The Morgan fingerprint density at radius 2 is 2.19 bits per heavy atom. The topological polar surface area (TPSA) is 33.1 Å². The molecule has 2 rings (SSSR count). The van der Waals surface area contributed by atoms with Crippen molar-refractivity contribution in [3.05, 3.63) is 52.0 Å². The summed E-state index contributed by atoms with van der Waals surface area (Å²) in [6.07, 6.45) is 0.693. The van der Waals surface area contributed by atoms with Gasteiger partial charge in [-0.15, -0.1) is 11.3 Å². The van der Waals surface area contributed by atoms with Crippen LogP contribution in [0.15, 0.2) is 29.8 Å². The van der Waals surface area contributed by atoms with E-state index in [4.69, 9.17) is 0 Å². The number of thiazole rings is 1. The van der Waals surface area contributed by atoms with Crippen LogP contribution in [-0.4, -0.2) is 10.1 Å². The molecule has 1 heterocycles. The van der Waals surface area contributed by atoms with Crippen LogP contribution in [0.4, 0.5) is 8.78 Å². The van der Waals surface area contributed by atoms with Crippen molar-refractivity contribution in [2.75, 3.05) is 0 Å². The van der Waals surface area contributed by atoms with E-state index in [2.05, 4.69) is 4.98 Å². The van der Waals surface area contributed by atoms with Gasteiger partial charge in [0.25, 0.3) is 0 Å². The number of hydrogen-bond donors (Lipinski definition) is 1. The van der Waals surface area contributed by atoms with Gasteiger partial charge in [0.15, 0.2) is 0 Å². The second kappa shape index (κ2) is 4.67. The van der Waals surface area contributed by atoms with E-state index in [-0.39, 0.29) is 12.0 Å². The standard InChI is InChI=1S/C11H9F2NOS/c12-8-1-2-9(13)7(5-8)6-10(15)11-14-3-4-16-11/h1-5,10,15H,6H2. The van der Waals surface area contributed by atoms with Gasteiger partial charge in [-0.25, -0.2) is 13.8 Å². The highest BCUT2D eigenvalue weighted by atomic mass is 32.1. The Labute approximate surface area is 95.2 Å². The Kier molecular flexibility index (Phi) is 3.26. The number of aliphatic hydroxyl groups is 1. The highest BCUT2D eigenvalue weighted by Crippen LogP contribution is 2.22. The lowest BCUT2D eigenvalue weighted by Crippen LogP contribution is -2.03. The minimum Gasteiger partial charge on any atom is -0.386 e. The number of halogens is 2. The van der Waals surface area contributed by atoms with Gasteiger partial charge in [-0.2, -0.15) is 0 Å². The molecular formula is C11H9F2NOS. The van der Waals surface area contributed by atoms with Crippen molar-refractivity contribution in [2.24, 2.45) is 0 Å². The quantitative estimate of drug-likeness (QED) is 0.896. The molecule has 2 nitrogen and oxygen atoms in total. The summed E-state index contributed by atoms with van der Waals surface area (Å²) < 4.78 is 26.2. The number of hydrogen-bond acceptors (Lipinski definition) is 3. The monoisotopic (exact) mass is 241 g/mol. The second-order valence-electron chi connectivity index (χ2n) is 3.33. The molecule has 0 saturated heterocycles. The zero-order chi connectivity index (χ0) is 11.5. The van der Waals surface area contributed by atoms with Crippen molar-refractivity contribution < 1.29 is 13.9 Å². The normalized spacial score (nSPS) is 12.7. The lowest BCUT2D eigenvalue weighted by atomic mass is 10.1. The molecule has 0 fully saturated rings. The largest absolute Gasteiger partial charge is 0.386 e. The summed E-state index contributed by atoms with van der Waals surface area (Å²) in [6.45, 7) is 0. The summed E-state index contributed by atoms with van der Waals surface area (Å²) in [4.78, 5) is 3.92. The van der Waals surface area contributed by atoms with E-state index in [0.717, 1.165) is 18.2 Å². The summed E-state index contributed by atoms with van der Waals surface area (Å²) >= 11 is 1.28. The number of rotatable bonds is 3. The van der Waals surface area contributed by atoms with Crippen LogP contribution in [0.1, 0.15) is 16.7 Å². The van der Waals surface area contributed by atoms with Crippen LogP contribution in [0.5, 0.6) is 0 Å². The molecule has 0 amide bonds. The molecule has 1 N–H and O–H groups in total. The molecule has 1 aromatic carbocycles. The van der Waals surface area contributed by atoms with Crippen molar-refractivity contribution in [3.63, 3.8) is 0 Å². The molecule has 0 aliphatic heterocycles. The van der Waals surface area contributed by atoms with E-state index in [1.54, 1.807) is 11.6 Å². The summed E-state index contributed by atoms with van der Waals surface area (Å²) in [5.41, 5.74) is 0.155. The summed E-state index contributed by atoms with van der Waals surface area (Å²) in [7, 11) is 0. The van der Waals surface area contributed by atoms with Crippen molar-refractivity contribution in [1.82, 2.24) is 4.98 Å². The molecule has 5 heteroatoms. The fourth-order valence-electron chi connectivity index (χ4n) is 1.39. The third kappa shape index (κ3) is 2.43. The fourth-order valence-corrected chi connectivity index (χ4v) is 2.02. The van der Waals surface area contributed by atoms with Gasteiger partial charge in [0.2, 0.25) is 0 Å². The number of benzene rings is 1. The fraction of sp³-hybridized carbons (Fsp3) is 0.182. The maximum absolute atomic E-state index is 13.3. The first kappa shape index (κ1) is 11.2. The van der Waals surface area contributed by atoms with Gasteiger partial charge >= 0.3 is 0 Å². The van der Waals surface area contributed by atoms with Crippen molar-refractivity contribution in [2.45, 2.75) is 12.5 Å². The smallest absolute Gasteiger partial charge is 0.126 e. The first-order valence-electron chi connectivity index (χ1n) is 4.68. The second-order valence-corrected chi connectivity index (χ2v) is 4.25. The maximum atomic E-state index is 13.3. The van der Waals surface area contributed by atoms with Crippen LogP contribution in [0.25, 0.3) is 0 Å². The molecule has 0 aliphatic rings. The molecule has 0 radical (unpaired) electrons. The molecule has 0 aliphatic carbocycles. The zero-order valence-corrected chi connectivity index (χ0v) is 9.05. The number of aromatic nitrogens is 1. The molecular weight excluding hydrogens is 232 g/mol. The Hall–Kier alpha value is -1.33. The van der Waals surface area contributed by atoms with Crippen molar-refractivity contribution in [1.29, 1.82) is 0 Å². The van der Waals surface area contributed by atoms with Crippen LogP contribution in [0.3, 0.4) is 0 Å². The average molecular weight is 241 g/mol. The summed E-state index contributed by atoms with van der Waals surface area (Å²) in [5.74, 6) is -1.03. The lowest BCUT2D eigenvalue weighted by Gasteiger charge is -2.08. The predicted molar refractivity (Wildman–Crippen MR) is 57.1 cm³/mol. The van der Waals surface area contributed by atoms with Gasteiger partial charge in [0.1, 0.15) is 22.7 Å². The first-order chi connectivity index (χ1) is 7.66. The average Bonchev–Trinajstić information content (AvgIpc) is 2.76. The highest BCUT2D eigenvalue weighted by molar-refractivity contribution is 7.09. The minimum absolute atomic E-state index is 0.0249. The molecule has 0 spiro atoms. The molecule has 84 valence electrons. The predicted octanol–water partition coefficient (Wildman–Crippen LogP) is 2.70. The molecule has 1 aromatic heterocycles. The molecule has 1 atom stereocenters. The zero-order valence-electron chi connectivity index (χ0n) is 8.23. The Morgan fingerprint density at radius 3 is 2.88 bits per heavy atom. The minimum atomic E-state index is -0.892. The van der Waals surface area contributed by atoms with E-state index in [1.165, 1.54) is 11.3 Å². The summed E-state index contributed by atoms with van der Waals surface area (Å²) in [5, 5.41) is 12.0. The SMILES string of the molecule is OC(Cc1cc(F)ccc1F)c1nccs1. The highest BCUT2D eigenvalue weighted by Gasteiger charge is 2.14. The van der Waals surface area contributed by atoms with Crippen LogP contribution in [0, 0.1) is 11.6 Å². The number of aliphatic hydroxyl groups excluding tert-OH is 1. The van der Waals surface area contributed by atoms with Gasteiger partial charge in [-0.3, -0.25) is 0 Å². The van der Waals surface area contributed by atoms with E-state index < -0.39 is 17.7 Å². The van der Waals surface area contributed by atoms with Crippen molar-refractivity contribution in [3.8, 4) is 0 Å². The molecule has 1 unspecified atom stereocenters. The van der Waals surface area contributed by atoms with Gasteiger partial charge in [0, 0.05) is 18.0 Å². The van der Waals surface area contributed by atoms with Gasteiger partial charge in [0.05, 0.1) is 0 Å². The molecule has 16 heavy (non-hydrogen) atoms. The van der Waals surface area contributed by atoms with E-state index in [0.29, 0.717) is 5.01 Å². The summed E-state index contributed by atoms with van der Waals surface area (Å²) in [6, 6.07) is 3.19. The maximum Gasteiger partial charge on any atom is 0.126 e. The van der Waals surface area contributed by atoms with Crippen LogP contribution in [0.2, 0.25) is 0 Å². The lowest BCUT2D eigenvalue weighted by molar-refractivity contribution is 0.176. The molecule has 0 saturated carbocycles.